The lowest BCUT2D eigenvalue weighted by Gasteiger charge is -2.44. The maximum Gasteiger partial charge on any atom is 0.0941 e. The van der Waals surface area contributed by atoms with Crippen molar-refractivity contribution < 1.29 is 0 Å². The molecule has 1 aliphatic rings. The van der Waals surface area contributed by atoms with Crippen LogP contribution in [0.5, 0.6) is 0 Å². The summed E-state index contributed by atoms with van der Waals surface area (Å²) in [7, 11) is 0. The average molecular weight is 268 g/mol. The summed E-state index contributed by atoms with van der Waals surface area (Å²) in [5.41, 5.74) is 3.16. The van der Waals surface area contributed by atoms with E-state index in [1.807, 2.05) is 11.6 Å². The largest absolute Gasteiger partial charge is 0.296 e. The molecule has 1 aliphatic heterocycles. The topological polar surface area (TPSA) is 54.2 Å². The third-order valence-electron chi connectivity index (χ3n) is 4.36. The third kappa shape index (κ3) is 2.74. The van der Waals surface area contributed by atoms with Crippen molar-refractivity contribution in [2.75, 3.05) is 13.1 Å². The second-order valence-corrected chi connectivity index (χ2v) is 6.23. The lowest BCUT2D eigenvalue weighted by atomic mass is 9.86. The molecule has 2 heterocycles. The number of likely N-dealkylation sites (tertiary alicyclic amines) is 1. The van der Waals surface area contributed by atoms with Crippen LogP contribution in [0.3, 0.4) is 0 Å². The fourth-order valence-electron chi connectivity index (χ4n) is 2.91. The van der Waals surface area contributed by atoms with E-state index >= 15 is 0 Å². The van der Waals surface area contributed by atoms with Crippen molar-refractivity contribution in [1.82, 2.24) is 15.3 Å². The Bertz CT molecular complexity index is 348. The van der Waals surface area contributed by atoms with Crippen molar-refractivity contribution >= 4 is 11.3 Å². The number of rotatable bonds is 6. The van der Waals surface area contributed by atoms with Crippen LogP contribution >= 0.6 is 11.3 Å². The molecular formula is C13H24N4S. The summed E-state index contributed by atoms with van der Waals surface area (Å²) in [6.45, 7) is 6.97. The molecule has 102 valence electrons. The van der Waals surface area contributed by atoms with E-state index in [-0.39, 0.29) is 11.6 Å². The molecule has 0 bridgehead atoms. The van der Waals surface area contributed by atoms with Crippen LogP contribution in [0.25, 0.3) is 0 Å². The average Bonchev–Trinajstić information content (AvgIpc) is 3.07. The van der Waals surface area contributed by atoms with Crippen LogP contribution in [-0.4, -0.2) is 34.6 Å². The zero-order chi connectivity index (χ0) is 13.0. The molecule has 18 heavy (non-hydrogen) atoms. The van der Waals surface area contributed by atoms with Crippen LogP contribution < -0.4 is 11.3 Å². The third-order valence-corrected chi connectivity index (χ3v) is 5.16. The maximum absolute atomic E-state index is 5.82. The fourth-order valence-corrected chi connectivity index (χ4v) is 3.57. The van der Waals surface area contributed by atoms with Gasteiger partial charge in [0, 0.05) is 29.6 Å². The molecule has 1 fully saturated rings. The smallest absolute Gasteiger partial charge is 0.0941 e. The molecule has 2 rings (SSSR count). The minimum Gasteiger partial charge on any atom is -0.296 e. The Morgan fingerprint density at radius 1 is 1.56 bits per heavy atom. The maximum atomic E-state index is 5.82. The van der Waals surface area contributed by atoms with Crippen LogP contribution in [0, 0.1) is 0 Å². The first-order chi connectivity index (χ1) is 8.70. The zero-order valence-corrected chi connectivity index (χ0v) is 12.2. The Kier molecular flexibility index (Phi) is 4.72. The van der Waals surface area contributed by atoms with Gasteiger partial charge in [0.1, 0.15) is 0 Å². The van der Waals surface area contributed by atoms with Gasteiger partial charge in [0.05, 0.1) is 5.01 Å². The molecule has 0 radical (unpaired) electrons. The van der Waals surface area contributed by atoms with E-state index in [2.05, 4.69) is 29.2 Å². The highest BCUT2D eigenvalue weighted by molar-refractivity contribution is 7.09. The second kappa shape index (κ2) is 6.10. The van der Waals surface area contributed by atoms with E-state index < -0.39 is 0 Å². The number of hydrogen-bond donors (Lipinski definition) is 2. The summed E-state index contributed by atoms with van der Waals surface area (Å²) in [5.74, 6) is 5.82. The molecule has 1 aromatic heterocycles. The Balaban J connectivity index is 2.11. The van der Waals surface area contributed by atoms with Gasteiger partial charge in [0.15, 0.2) is 0 Å². The van der Waals surface area contributed by atoms with Crippen molar-refractivity contribution in [2.45, 2.75) is 51.1 Å². The molecule has 1 aromatic rings. The molecule has 0 spiro atoms. The molecule has 5 heteroatoms. The molecular weight excluding hydrogens is 244 g/mol. The van der Waals surface area contributed by atoms with E-state index in [1.165, 1.54) is 25.9 Å². The molecule has 3 N–H and O–H groups in total. The summed E-state index contributed by atoms with van der Waals surface area (Å²) >= 11 is 1.71. The number of aromatic nitrogens is 1. The Labute approximate surface area is 114 Å². The molecule has 2 unspecified atom stereocenters. The Hall–Kier alpha value is -0.490. The standard InChI is InChI=1S/C13H24N4S/c1-3-13(2,17-7-4-5-8-17)11(16-14)10-12-15-6-9-18-12/h6,9,11,16H,3-5,7-8,10,14H2,1-2H3. The van der Waals surface area contributed by atoms with Gasteiger partial charge in [-0.1, -0.05) is 6.92 Å². The van der Waals surface area contributed by atoms with Crippen molar-refractivity contribution in [3.05, 3.63) is 16.6 Å². The van der Waals surface area contributed by atoms with Crippen LogP contribution in [0.2, 0.25) is 0 Å². The molecule has 1 saturated heterocycles. The molecule has 0 aromatic carbocycles. The van der Waals surface area contributed by atoms with Crippen LogP contribution in [-0.2, 0) is 6.42 Å². The predicted octanol–water partition coefficient (Wildman–Crippen LogP) is 1.78. The second-order valence-electron chi connectivity index (χ2n) is 5.25. The van der Waals surface area contributed by atoms with Crippen LogP contribution in [0.15, 0.2) is 11.6 Å². The van der Waals surface area contributed by atoms with Gasteiger partial charge in [-0.05, 0) is 39.3 Å². The summed E-state index contributed by atoms with van der Waals surface area (Å²) < 4.78 is 0. The minimum atomic E-state index is 0.122. The summed E-state index contributed by atoms with van der Waals surface area (Å²) in [6.07, 6.45) is 6.50. The van der Waals surface area contributed by atoms with Gasteiger partial charge in [0.2, 0.25) is 0 Å². The molecule has 4 nitrogen and oxygen atoms in total. The number of thiazole rings is 1. The van der Waals surface area contributed by atoms with Gasteiger partial charge in [0.25, 0.3) is 0 Å². The summed E-state index contributed by atoms with van der Waals surface area (Å²) in [5, 5.41) is 3.19. The number of hydrazine groups is 1. The summed E-state index contributed by atoms with van der Waals surface area (Å²) in [4.78, 5) is 6.97. The highest BCUT2D eigenvalue weighted by atomic mass is 32.1. The molecule has 0 aliphatic carbocycles. The van der Waals surface area contributed by atoms with Gasteiger partial charge in [-0.25, -0.2) is 4.98 Å². The van der Waals surface area contributed by atoms with Crippen LogP contribution in [0.1, 0.15) is 38.1 Å². The van der Waals surface area contributed by atoms with E-state index in [9.17, 15) is 0 Å². The predicted molar refractivity (Wildman–Crippen MR) is 76.4 cm³/mol. The minimum absolute atomic E-state index is 0.122. The highest BCUT2D eigenvalue weighted by Gasteiger charge is 2.39. The van der Waals surface area contributed by atoms with Gasteiger partial charge in [-0.15, -0.1) is 11.3 Å². The van der Waals surface area contributed by atoms with Crippen molar-refractivity contribution in [3.8, 4) is 0 Å². The molecule has 0 amide bonds. The normalized spacial score (nSPS) is 21.9. The molecule has 0 saturated carbocycles. The number of nitrogens with zero attached hydrogens (tertiary/aromatic N) is 2. The fraction of sp³-hybridized carbons (Fsp3) is 0.769. The highest BCUT2D eigenvalue weighted by Crippen LogP contribution is 2.29. The van der Waals surface area contributed by atoms with E-state index in [4.69, 9.17) is 5.84 Å². The van der Waals surface area contributed by atoms with Gasteiger partial charge in [-0.2, -0.15) is 0 Å². The monoisotopic (exact) mass is 268 g/mol. The van der Waals surface area contributed by atoms with Crippen molar-refractivity contribution in [1.29, 1.82) is 0 Å². The zero-order valence-electron chi connectivity index (χ0n) is 11.4. The lowest BCUT2D eigenvalue weighted by Crippen LogP contribution is -2.61. The Morgan fingerprint density at radius 2 is 2.28 bits per heavy atom. The van der Waals surface area contributed by atoms with Crippen molar-refractivity contribution in [3.63, 3.8) is 0 Å². The Morgan fingerprint density at radius 3 is 2.78 bits per heavy atom. The molecule has 2 atom stereocenters. The number of hydrogen-bond acceptors (Lipinski definition) is 5. The first-order valence-electron chi connectivity index (χ1n) is 6.80. The first-order valence-corrected chi connectivity index (χ1v) is 7.68. The van der Waals surface area contributed by atoms with E-state index in [0.717, 1.165) is 17.8 Å². The van der Waals surface area contributed by atoms with E-state index in [0.29, 0.717) is 0 Å². The SMILES string of the molecule is CCC(C)(C(Cc1nccs1)NN)N1CCCC1. The van der Waals surface area contributed by atoms with Gasteiger partial charge >= 0.3 is 0 Å². The lowest BCUT2D eigenvalue weighted by molar-refractivity contribution is 0.0840. The van der Waals surface area contributed by atoms with Gasteiger partial charge in [-0.3, -0.25) is 16.2 Å². The van der Waals surface area contributed by atoms with E-state index in [1.54, 1.807) is 11.3 Å². The number of nitrogens with one attached hydrogen (secondary N) is 1. The van der Waals surface area contributed by atoms with Crippen molar-refractivity contribution in [2.24, 2.45) is 5.84 Å². The van der Waals surface area contributed by atoms with Gasteiger partial charge < -0.3 is 0 Å². The quantitative estimate of drug-likeness (QED) is 0.610. The van der Waals surface area contributed by atoms with Crippen LogP contribution in [0.4, 0.5) is 0 Å². The first kappa shape index (κ1) is 13.9. The number of nitrogens with two attached hydrogens (primary N) is 1. The summed E-state index contributed by atoms with van der Waals surface area (Å²) in [6, 6.07) is 0.256.